The van der Waals surface area contributed by atoms with E-state index in [-0.39, 0.29) is 17.6 Å². The Bertz CT molecular complexity index is 1240. The van der Waals surface area contributed by atoms with Gasteiger partial charge < -0.3 is 10.1 Å². The summed E-state index contributed by atoms with van der Waals surface area (Å²) in [5.41, 5.74) is 4.41. The zero-order valence-electron chi connectivity index (χ0n) is 18.3. The van der Waals surface area contributed by atoms with Gasteiger partial charge in [-0.05, 0) is 73.1 Å². The van der Waals surface area contributed by atoms with E-state index in [0.29, 0.717) is 11.4 Å². The van der Waals surface area contributed by atoms with E-state index in [0.717, 1.165) is 23.1 Å². The molecular weight excluding hydrogens is 434 g/mol. The van der Waals surface area contributed by atoms with Gasteiger partial charge in [0.15, 0.2) is 11.7 Å². The Balaban J connectivity index is 1.36. The second kappa shape index (κ2) is 10.7. The number of para-hydroxylation sites is 1. The summed E-state index contributed by atoms with van der Waals surface area (Å²) in [6, 6.07) is 23.0. The Morgan fingerprint density at radius 2 is 1.76 bits per heavy atom. The predicted octanol–water partition coefficient (Wildman–Crippen LogP) is 4.66. The van der Waals surface area contributed by atoms with Gasteiger partial charge >= 0.3 is 0 Å². The van der Waals surface area contributed by atoms with Crippen LogP contribution < -0.4 is 15.4 Å². The number of nitrogens with zero attached hydrogens (tertiary/aromatic N) is 3. The van der Waals surface area contributed by atoms with Crippen molar-refractivity contribution in [2.24, 2.45) is 0 Å². The van der Waals surface area contributed by atoms with Crippen molar-refractivity contribution in [2.75, 3.05) is 11.9 Å². The molecule has 8 heteroatoms. The molecule has 1 amide bonds. The number of aromatic nitrogens is 3. The highest BCUT2D eigenvalue weighted by Crippen LogP contribution is 2.18. The Morgan fingerprint density at radius 1 is 1.00 bits per heavy atom. The van der Waals surface area contributed by atoms with E-state index in [1.165, 1.54) is 18.4 Å². The lowest BCUT2D eigenvalue weighted by Crippen LogP contribution is -2.37. The first kappa shape index (κ1) is 22.4. The third-order valence-corrected chi connectivity index (χ3v) is 5.19. The van der Waals surface area contributed by atoms with Crippen LogP contribution in [0.25, 0.3) is 16.7 Å². The van der Waals surface area contributed by atoms with Gasteiger partial charge in [-0.3, -0.25) is 10.1 Å². The average molecular weight is 460 g/mol. The molecular formula is C25H25N5O2S. The summed E-state index contributed by atoms with van der Waals surface area (Å²) in [6.45, 7) is 2.06. The van der Waals surface area contributed by atoms with Crippen LogP contribution in [0.5, 0.6) is 5.75 Å². The molecule has 33 heavy (non-hydrogen) atoms. The highest BCUT2D eigenvalue weighted by atomic mass is 32.1. The molecule has 0 saturated carbocycles. The number of carbonyl (C=O) groups is 1. The van der Waals surface area contributed by atoms with Crippen LogP contribution in [-0.2, 0) is 11.2 Å². The Hall–Kier alpha value is -3.78. The molecule has 0 bridgehead atoms. The highest BCUT2D eigenvalue weighted by Gasteiger charge is 2.09. The molecule has 0 aliphatic heterocycles. The van der Waals surface area contributed by atoms with Crippen molar-refractivity contribution in [2.45, 2.75) is 26.2 Å². The molecule has 1 heterocycles. The first-order chi connectivity index (χ1) is 16.1. The van der Waals surface area contributed by atoms with E-state index in [1.54, 1.807) is 16.9 Å². The Labute approximate surface area is 197 Å². The second-order valence-electron chi connectivity index (χ2n) is 7.57. The Kier molecular flexibility index (Phi) is 7.26. The molecule has 0 radical (unpaired) electrons. The molecule has 0 unspecified atom stereocenters. The summed E-state index contributed by atoms with van der Waals surface area (Å²) in [5.74, 6) is 0.279. The molecule has 3 aromatic carbocycles. The summed E-state index contributed by atoms with van der Waals surface area (Å²) in [6.07, 6.45) is 3.44. The van der Waals surface area contributed by atoms with Crippen molar-refractivity contribution in [1.29, 1.82) is 0 Å². The lowest BCUT2D eigenvalue weighted by atomic mass is 10.1. The van der Waals surface area contributed by atoms with Gasteiger partial charge in [0.2, 0.25) is 0 Å². The zero-order valence-corrected chi connectivity index (χ0v) is 19.1. The van der Waals surface area contributed by atoms with Crippen LogP contribution >= 0.6 is 12.2 Å². The number of hydrogen-bond donors (Lipinski definition) is 2. The quantitative estimate of drug-likeness (QED) is 0.373. The average Bonchev–Trinajstić information content (AvgIpc) is 3.26. The van der Waals surface area contributed by atoms with Gasteiger partial charge in [0.25, 0.3) is 5.91 Å². The van der Waals surface area contributed by atoms with Crippen LogP contribution in [0.1, 0.15) is 25.3 Å². The van der Waals surface area contributed by atoms with Crippen molar-refractivity contribution in [3.8, 4) is 11.4 Å². The van der Waals surface area contributed by atoms with Crippen LogP contribution in [0.15, 0.2) is 72.8 Å². The van der Waals surface area contributed by atoms with Gasteiger partial charge in [-0.1, -0.05) is 43.7 Å². The topological polar surface area (TPSA) is 81.1 Å². The molecule has 0 aliphatic carbocycles. The van der Waals surface area contributed by atoms with Crippen molar-refractivity contribution in [3.05, 3.63) is 78.4 Å². The monoisotopic (exact) mass is 459 g/mol. The maximum Gasteiger partial charge on any atom is 0.264 e. The Morgan fingerprint density at radius 3 is 2.52 bits per heavy atom. The molecule has 2 N–H and O–H groups in total. The minimum atomic E-state index is -0.342. The van der Waals surface area contributed by atoms with Crippen molar-refractivity contribution in [3.63, 3.8) is 0 Å². The summed E-state index contributed by atoms with van der Waals surface area (Å²) < 4.78 is 5.43. The van der Waals surface area contributed by atoms with Gasteiger partial charge in [0, 0.05) is 5.69 Å². The number of unbranched alkanes of at least 4 members (excludes halogenated alkanes) is 1. The number of thiocarbonyl (C=S) groups is 1. The number of fused-ring (bicyclic) bond motifs is 1. The molecule has 4 rings (SSSR count). The minimum absolute atomic E-state index is 0.129. The van der Waals surface area contributed by atoms with Crippen LogP contribution in [0.4, 0.5) is 5.69 Å². The van der Waals surface area contributed by atoms with E-state index in [2.05, 4.69) is 39.9 Å². The number of anilines is 1. The molecule has 0 saturated heterocycles. The maximum atomic E-state index is 12.1. The number of ether oxygens (including phenoxy) is 1. The fourth-order valence-electron chi connectivity index (χ4n) is 3.28. The highest BCUT2D eigenvalue weighted by molar-refractivity contribution is 7.80. The molecule has 4 aromatic rings. The molecule has 7 nitrogen and oxygen atoms in total. The fraction of sp³-hybridized carbons (Fsp3) is 0.200. The van der Waals surface area contributed by atoms with Gasteiger partial charge in [-0.25, -0.2) is 0 Å². The van der Waals surface area contributed by atoms with Crippen LogP contribution in [-0.4, -0.2) is 32.6 Å². The minimum Gasteiger partial charge on any atom is -0.484 e. The number of amides is 1. The van der Waals surface area contributed by atoms with Gasteiger partial charge in [-0.2, -0.15) is 4.80 Å². The number of carbonyl (C=O) groups excluding carboxylic acids is 1. The SMILES string of the molecule is CCCCc1ccc(-n2nc3ccc(NC(=S)NC(=O)COc4ccccc4)cc3n2)cc1. The van der Waals surface area contributed by atoms with Crippen molar-refractivity contribution >= 4 is 40.0 Å². The largest absolute Gasteiger partial charge is 0.484 e. The van der Waals surface area contributed by atoms with Gasteiger partial charge in [0.1, 0.15) is 16.8 Å². The van der Waals surface area contributed by atoms with Gasteiger partial charge in [-0.15, -0.1) is 10.2 Å². The summed E-state index contributed by atoms with van der Waals surface area (Å²) >= 11 is 5.25. The first-order valence-electron chi connectivity index (χ1n) is 10.9. The lowest BCUT2D eigenvalue weighted by molar-refractivity contribution is -0.121. The molecule has 0 spiro atoms. The molecule has 0 fully saturated rings. The molecule has 168 valence electrons. The predicted molar refractivity (Wildman–Crippen MR) is 134 cm³/mol. The maximum absolute atomic E-state index is 12.1. The van der Waals surface area contributed by atoms with Crippen LogP contribution in [0, 0.1) is 0 Å². The van der Waals surface area contributed by atoms with Gasteiger partial charge in [0.05, 0.1) is 5.69 Å². The summed E-state index contributed by atoms with van der Waals surface area (Å²) in [7, 11) is 0. The number of aryl methyl sites for hydroxylation is 1. The summed E-state index contributed by atoms with van der Waals surface area (Å²) in [4.78, 5) is 13.7. The first-order valence-corrected chi connectivity index (χ1v) is 11.3. The van der Waals surface area contributed by atoms with Crippen molar-refractivity contribution in [1.82, 2.24) is 20.3 Å². The molecule has 1 aromatic heterocycles. The van der Waals surface area contributed by atoms with Crippen LogP contribution in [0.2, 0.25) is 0 Å². The van der Waals surface area contributed by atoms with E-state index >= 15 is 0 Å². The lowest BCUT2D eigenvalue weighted by Gasteiger charge is -2.10. The van der Waals surface area contributed by atoms with E-state index < -0.39 is 0 Å². The molecule has 0 aliphatic rings. The van der Waals surface area contributed by atoms with E-state index in [4.69, 9.17) is 17.0 Å². The van der Waals surface area contributed by atoms with Crippen LogP contribution in [0.3, 0.4) is 0 Å². The smallest absolute Gasteiger partial charge is 0.264 e. The standard InChI is InChI=1S/C25H25N5O2S/c1-2-3-7-18-10-13-20(14-11-18)30-28-22-15-12-19(16-23(22)29-30)26-25(33)27-24(31)17-32-21-8-5-4-6-9-21/h4-6,8-16H,2-3,7,17H2,1H3,(H2,26,27,31,33). The third kappa shape index (κ3) is 6.14. The number of nitrogens with one attached hydrogen (secondary N) is 2. The van der Waals surface area contributed by atoms with E-state index in [1.807, 2.05) is 48.5 Å². The third-order valence-electron chi connectivity index (χ3n) is 4.99. The molecule has 0 atom stereocenters. The number of rotatable bonds is 8. The normalized spacial score (nSPS) is 10.7. The number of hydrogen-bond acceptors (Lipinski definition) is 5. The van der Waals surface area contributed by atoms with Crippen molar-refractivity contribution < 1.29 is 9.53 Å². The summed E-state index contributed by atoms with van der Waals surface area (Å²) in [5, 5.41) is 14.9. The van der Waals surface area contributed by atoms with E-state index in [9.17, 15) is 4.79 Å². The number of benzene rings is 3. The zero-order chi connectivity index (χ0) is 23.0. The fourth-order valence-corrected chi connectivity index (χ4v) is 3.51. The second-order valence-corrected chi connectivity index (χ2v) is 7.98.